The molecule has 0 saturated carbocycles. The summed E-state index contributed by atoms with van der Waals surface area (Å²) in [6, 6.07) is 11.4. The number of morpholine rings is 1. The lowest BCUT2D eigenvalue weighted by Gasteiger charge is -2.28. The van der Waals surface area contributed by atoms with E-state index < -0.39 is 0 Å². The van der Waals surface area contributed by atoms with Crippen LogP contribution in [0.5, 0.6) is 0 Å². The molecule has 0 N–H and O–H groups in total. The number of hydrogen-bond donors (Lipinski definition) is 0. The van der Waals surface area contributed by atoms with Crippen LogP contribution in [0.15, 0.2) is 58.5 Å². The molecule has 3 aromatic rings. The van der Waals surface area contributed by atoms with Gasteiger partial charge in [0.05, 0.1) is 25.2 Å². The van der Waals surface area contributed by atoms with Crippen LogP contribution in [-0.2, 0) is 4.74 Å². The number of furan rings is 1. The van der Waals surface area contributed by atoms with Gasteiger partial charge < -0.3 is 14.1 Å². The van der Waals surface area contributed by atoms with Crippen molar-refractivity contribution in [3.05, 3.63) is 65.4 Å². The first-order valence-corrected chi connectivity index (χ1v) is 9.32. The van der Waals surface area contributed by atoms with E-state index in [2.05, 4.69) is 9.88 Å². The third-order valence-corrected chi connectivity index (χ3v) is 5.06. The van der Waals surface area contributed by atoms with Crippen molar-refractivity contribution >= 4 is 28.9 Å². The van der Waals surface area contributed by atoms with Crippen molar-refractivity contribution in [3.8, 4) is 10.8 Å². The molecule has 0 spiro atoms. The summed E-state index contributed by atoms with van der Waals surface area (Å²) in [5, 5.41) is 2.71. The molecule has 1 aromatic carbocycles. The Morgan fingerprint density at radius 1 is 1.15 bits per heavy atom. The highest BCUT2D eigenvalue weighted by atomic mass is 32.1. The zero-order valence-electron chi connectivity index (χ0n) is 14.1. The van der Waals surface area contributed by atoms with Crippen LogP contribution in [0.25, 0.3) is 16.8 Å². The number of anilines is 1. The topological polar surface area (TPSA) is 55.6 Å². The van der Waals surface area contributed by atoms with Crippen LogP contribution in [0, 0.1) is 0 Å². The second kappa shape index (κ2) is 7.68. The monoisotopic (exact) mass is 366 g/mol. The number of hydrogen-bond acceptors (Lipinski definition) is 6. The highest BCUT2D eigenvalue weighted by molar-refractivity contribution is 7.13. The van der Waals surface area contributed by atoms with Crippen molar-refractivity contribution in [2.45, 2.75) is 0 Å². The van der Waals surface area contributed by atoms with E-state index in [1.54, 1.807) is 18.4 Å². The first-order chi connectivity index (χ1) is 12.8. The van der Waals surface area contributed by atoms with Gasteiger partial charge in [-0.15, -0.1) is 11.3 Å². The van der Waals surface area contributed by atoms with Crippen molar-refractivity contribution < 1.29 is 13.9 Å². The third-order valence-electron chi connectivity index (χ3n) is 4.19. The fourth-order valence-corrected chi connectivity index (χ4v) is 3.55. The molecule has 4 rings (SSSR count). The molecular formula is C20H18N2O3S. The van der Waals surface area contributed by atoms with Gasteiger partial charge in [0.15, 0.2) is 16.6 Å². The number of carbonyl (C=O) groups excluding carboxylic acids is 1. The summed E-state index contributed by atoms with van der Waals surface area (Å²) in [6.07, 6.45) is 4.92. The SMILES string of the molecule is O=C(/C=C\c1csc(-c2ccco2)n1)c1ccc(N2CCOCC2)cc1. The molecule has 0 unspecified atom stereocenters. The van der Waals surface area contributed by atoms with Crippen LogP contribution in [0.4, 0.5) is 5.69 Å². The Kier molecular flexibility index (Phi) is 4.95. The molecule has 0 aliphatic carbocycles. The summed E-state index contributed by atoms with van der Waals surface area (Å²) in [5.41, 5.74) is 2.54. The summed E-state index contributed by atoms with van der Waals surface area (Å²) >= 11 is 1.49. The van der Waals surface area contributed by atoms with Crippen LogP contribution in [0.2, 0.25) is 0 Å². The van der Waals surface area contributed by atoms with E-state index in [9.17, 15) is 4.79 Å². The van der Waals surface area contributed by atoms with Crippen molar-refractivity contribution in [2.75, 3.05) is 31.2 Å². The molecule has 1 fully saturated rings. The number of ether oxygens (including phenoxy) is 1. The first kappa shape index (κ1) is 16.8. The normalized spacial score (nSPS) is 14.8. The minimum absolute atomic E-state index is 0.0360. The van der Waals surface area contributed by atoms with Gasteiger partial charge in [-0.2, -0.15) is 0 Å². The summed E-state index contributed by atoms with van der Waals surface area (Å²) in [6.45, 7) is 3.26. The van der Waals surface area contributed by atoms with Gasteiger partial charge in [0, 0.05) is 29.7 Å². The van der Waals surface area contributed by atoms with E-state index in [1.807, 2.05) is 41.8 Å². The van der Waals surface area contributed by atoms with Crippen LogP contribution < -0.4 is 4.90 Å². The molecule has 132 valence electrons. The number of benzene rings is 1. The molecule has 0 atom stereocenters. The number of ketones is 1. The first-order valence-electron chi connectivity index (χ1n) is 8.44. The standard InChI is InChI=1S/C20H18N2O3S/c23-18(8-5-16-14-26-20(21-16)19-2-1-11-25-19)15-3-6-17(7-4-15)22-9-12-24-13-10-22/h1-8,11,14H,9-10,12-13H2/b8-5-. The van der Waals surface area contributed by atoms with Gasteiger partial charge in [-0.25, -0.2) is 4.98 Å². The van der Waals surface area contributed by atoms with Crippen molar-refractivity contribution in [1.29, 1.82) is 0 Å². The van der Waals surface area contributed by atoms with Crippen molar-refractivity contribution in [2.24, 2.45) is 0 Å². The second-order valence-electron chi connectivity index (χ2n) is 5.90. The molecule has 1 saturated heterocycles. The summed E-state index contributed by atoms with van der Waals surface area (Å²) in [4.78, 5) is 19.1. The van der Waals surface area contributed by atoms with Gasteiger partial charge >= 0.3 is 0 Å². The molecule has 3 heterocycles. The minimum atomic E-state index is -0.0360. The zero-order chi connectivity index (χ0) is 17.8. The van der Waals surface area contributed by atoms with E-state index >= 15 is 0 Å². The van der Waals surface area contributed by atoms with E-state index in [-0.39, 0.29) is 5.78 Å². The maximum absolute atomic E-state index is 12.4. The molecule has 0 radical (unpaired) electrons. The fraction of sp³-hybridized carbons (Fsp3) is 0.200. The van der Waals surface area contributed by atoms with Gasteiger partial charge in [0.25, 0.3) is 0 Å². The number of aromatic nitrogens is 1. The quantitative estimate of drug-likeness (QED) is 0.502. The van der Waals surface area contributed by atoms with E-state index in [1.165, 1.54) is 11.3 Å². The van der Waals surface area contributed by atoms with Gasteiger partial charge in [0.1, 0.15) is 0 Å². The second-order valence-corrected chi connectivity index (χ2v) is 6.76. The Morgan fingerprint density at radius 2 is 1.96 bits per heavy atom. The molecule has 0 amide bonds. The van der Waals surface area contributed by atoms with Gasteiger partial charge in [-0.1, -0.05) is 0 Å². The molecule has 1 aliphatic rings. The Hall–Kier alpha value is -2.70. The molecule has 1 aliphatic heterocycles. The van der Waals surface area contributed by atoms with Crippen LogP contribution in [0.3, 0.4) is 0 Å². The van der Waals surface area contributed by atoms with Crippen LogP contribution >= 0.6 is 11.3 Å². The molecule has 26 heavy (non-hydrogen) atoms. The summed E-state index contributed by atoms with van der Waals surface area (Å²) in [5.74, 6) is 0.700. The van der Waals surface area contributed by atoms with Crippen LogP contribution in [-0.4, -0.2) is 37.1 Å². The van der Waals surface area contributed by atoms with E-state index in [0.717, 1.165) is 48.5 Å². The Bertz CT molecular complexity index is 892. The highest BCUT2D eigenvalue weighted by Crippen LogP contribution is 2.24. The van der Waals surface area contributed by atoms with E-state index in [0.29, 0.717) is 5.56 Å². The lowest BCUT2D eigenvalue weighted by molar-refractivity contribution is 0.104. The largest absolute Gasteiger partial charge is 0.462 e. The average Bonchev–Trinajstić information content (AvgIpc) is 3.38. The third kappa shape index (κ3) is 3.76. The lowest BCUT2D eigenvalue weighted by atomic mass is 10.1. The summed E-state index contributed by atoms with van der Waals surface area (Å²) < 4.78 is 10.7. The number of carbonyl (C=O) groups is 1. The lowest BCUT2D eigenvalue weighted by Crippen LogP contribution is -2.36. The number of rotatable bonds is 5. The molecular weight excluding hydrogens is 348 g/mol. The predicted octanol–water partition coefficient (Wildman–Crippen LogP) is 4.14. The number of allylic oxidation sites excluding steroid dienone is 1. The summed E-state index contributed by atoms with van der Waals surface area (Å²) in [7, 11) is 0. The maximum atomic E-state index is 12.4. The van der Waals surface area contributed by atoms with Gasteiger partial charge in [-0.05, 0) is 48.6 Å². The van der Waals surface area contributed by atoms with Gasteiger partial charge in [-0.3, -0.25) is 4.79 Å². The molecule has 2 aromatic heterocycles. The zero-order valence-corrected chi connectivity index (χ0v) is 14.9. The highest BCUT2D eigenvalue weighted by Gasteiger charge is 2.12. The number of thiazole rings is 1. The average molecular weight is 366 g/mol. The number of nitrogens with zero attached hydrogens (tertiary/aromatic N) is 2. The smallest absolute Gasteiger partial charge is 0.185 e. The predicted molar refractivity (Wildman–Crippen MR) is 103 cm³/mol. The molecule has 5 nitrogen and oxygen atoms in total. The van der Waals surface area contributed by atoms with E-state index in [4.69, 9.17) is 9.15 Å². The van der Waals surface area contributed by atoms with Crippen LogP contribution in [0.1, 0.15) is 16.1 Å². The molecule has 6 heteroatoms. The Morgan fingerprint density at radius 3 is 2.69 bits per heavy atom. The maximum Gasteiger partial charge on any atom is 0.185 e. The van der Waals surface area contributed by atoms with Crippen molar-refractivity contribution in [3.63, 3.8) is 0 Å². The Balaban J connectivity index is 1.42. The van der Waals surface area contributed by atoms with Gasteiger partial charge in [0.2, 0.25) is 0 Å². The Labute approximate surface area is 155 Å². The molecule has 0 bridgehead atoms. The van der Waals surface area contributed by atoms with Crippen molar-refractivity contribution in [1.82, 2.24) is 4.98 Å². The fourth-order valence-electron chi connectivity index (χ4n) is 2.79. The minimum Gasteiger partial charge on any atom is -0.462 e.